The molecule has 4 nitrogen and oxygen atoms in total. The van der Waals surface area contributed by atoms with Gasteiger partial charge in [-0.15, -0.1) is 0 Å². The molecular weight excluding hydrogens is 188 g/mol. The molecule has 0 aromatic carbocycles. The molecule has 1 aliphatic rings. The van der Waals surface area contributed by atoms with E-state index in [0.29, 0.717) is 6.04 Å². The average Bonchev–Trinajstić information content (AvgIpc) is 2.29. The molecule has 1 N–H and O–H groups in total. The smallest absolute Gasteiger partial charge is 0.225 e. The minimum Gasteiger partial charge on any atom is -0.340 e. The van der Waals surface area contributed by atoms with Crippen LogP contribution in [0.4, 0.5) is 5.95 Å². The van der Waals surface area contributed by atoms with Gasteiger partial charge in [-0.1, -0.05) is 0 Å². The van der Waals surface area contributed by atoms with Gasteiger partial charge in [0.2, 0.25) is 5.95 Å². The Labute approximate surface area is 90.7 Å². The lowest BCUT2D eigenvalue weighted by molar-refractivity contribution is 0.441. The van der Waals surface area contributed by atoms with E-state index in [-0.39, 0.29) is 0 Å². The van der Waals surface area contributed by atoms with E-state index in [1.54, 1.807) is 0 Å². The van der Waals surface area contributed by atoms with Crippen LogP contribution in [-0.2, 0) is 0 Å². The van der Waals surface area contributed by atoms with Crippen LogP contribution in [-0.4, -0.2) is 36.1 Å². The molecule has 1 aliphatic heterocycles. The van der Waals surface area contributed by atoms with Crippen molar-refractivity contribution in [3.8, 4) is 0 Å². The molecule has 15 heavy (non-hydrogen) atoms. The maximum atomic E-state index is 4.44. The summed E-state index contributed by atoms with van der Waals surface area (Å²) >= 11 is 0. The predicted octanol–water partition coefficient (Wildman–Crippen LogP) is 0.973. The van der Waals surface area contributed by atoms with Crippen molar-refractivity contribution in [1.29, 1.82) is 0 Å². The van der Waals surface area contributed by atoms with Crippen LogP contribution >= 0.6 is 0 Å². The number of aryl methyl sites for hydroxylation is 1. The van der Waals surface area contributed by atoms with Crippen LogP contribution in [0.25, 0.3) is 0 Å². The molecule has 0 saturated carbocycles. The summed E-state index contributed by atoms with van der Waals surface area (Å²) in [5, 5.41) is 3.40. The maximum absolute atomic E-state index is 4.44. The minimum absolute atomic E-state index is 0.528. The van der Waals surface area contributed by atoms with Gasteiger partial charge in [-0.25, -0.2) is 9.97 Å². The Morgan fingerprint density at radius 2 is 2.40 bits per heavy atom. The summed E-state index contributed by atoms with van der Waals surface area (Å²) in [4.78, 5) is 10.9. The third kappa shape index (κ3) is 2.45. The fraction of sp³-hybridized carbons (Fsp3) is 0.636. The first-order valence-electron chi connectivity index (χ1n) is 5.50. The summed E-state index contributed by atoms with van der Waals surface area (Å²) in [5.41, 5.74) is 1.02. The van der Waals surface area contributed by atoms with Crippen LogP contribution in [0.2, 0.25) is 0 Å². The number of hydrogen-bond acceptors (Lipinski definition) is 4. The standard InChI is InChI=1S/C11H18N4/c1-9-5-7-13-11(14-9)15(2)10-4-3-6-12-8-10/h5,7,10,12H,3-4,6,8H2,1-2H3/t10-/m0/s1. The third-order valence-electron chi connectivity index (χ3n) is 2.92. The van der Waals surface area contributed by atoms with E-state index >= 15 is 0 Å². The van der Waals surface area contributed by atoms with E-state index < -0.39 is 0 Å². The number of nitrogens with one attached hydrogen (secondary N) is 1. The molecule has 1 aromatic rings. The van der Waals surface area contributed by atoms with Crippen LogP contribution in [0, 0.1) is 6.92 Å². The molecule has 0 bridgehead atoms. The zero-order valence-corrected chi connectivity index (χ0v) is 9.40. The second-order valence-corrected chi connectivity index (χ2v) is 4.11. The first-order chi connectivity index (χ1) is 7.27. The number of piperidine rings is 1. The summed E-state index contributed by atoms with van der Waals surface area (Å²) in [7, 11) is 2.08. The molecule has 1 saturated heterocycles. The molecule has 82 valence electrons. The van der Waals surface area contributed by atoms with Crippen LogP contribution < -0.4 is 10.2 Å². The van der Waals surface area contributed by atoms with E-state index in [4.69, 9.17) is 0 Å². The van der Waals surface area contributed by atoms with Gasteiger partial charge in [0.25, 0.3) is 0 Å². The van der Waals surface area contributed by atoms with Gasteiger partial charge >= 0.3 is 0 Å². The topological polar surface area (TPSA) is 41.1 Å². The van der Waals surface area contributed by atoms with Crippen molar-refractivity contribution in [2.75, 3.05) is 25.0 Å². The van der Waals surface area contributed by atoms with Crippen LogP contribution in [0.5, 0.6) is 0 Å². The lowest BCUT2D eigenvalue weighted by atomic mass is 10.1. The number of rotatable bonds is 2. The Morgan fingerprint density at radius 3 is 3.07 bits per heavy atom. The zero-order chi connectivity index (χ0) is 10.7. The number of hydrogen-bond donors (Lipinski definition) is 1. The van der Waals surface area contributed by atoms with Crippen molar-refractivity contribution in [3.63, 3.8) is 0 Å². The quantitative estimate of drug-likeness (QED) is 0.783. The second-order valence-electron chi connectivity index (χ2n) is 4.11. The maximum Gasteiger partial charge on any atom is 0.225 e. The van der Waals surface area contributed by atoms with Crippen molar-refractivity contribution in [1.82, 2.24) is 15.3 Å². The molecule has 0 amide bonds. The van der Waals surface area contributed by atoms with Crippen molar-refractivity contribution in [2.45, 2.75) is 25.8 Å². The predicted molar refractivity (Wildman–Crippen MR) is 61.1 cm³/mol. The highest BCUT2D eigenvalue weighted by Gasteiger charge is 2.19. The normalized spacial score (nSPS) is 21.3. The summed E-state index contributed by atoms with van der Waals surface area (Å²) in [6.45, 7) is 4.17. The Bertz CT molecular complexity index is 320. The largest absolute Gasteiger partial charge is 0.340 e. The summed E-state index contributed by atoms with van der Waals surface area (Å²) in [6, 6.07) is 2.46. The molecule has 2 rings (SSSR count). The van der Waals surface area contributed by atoms with Gasteiger partial charge in [0, 0.05) is 31.5 Å². The lowest BCUT2D eigenvalue weighted by Gasteiger charge is -2.31. The Morgan fingerprint density at radius 1 is 1.53 bits per heavy atom. The monoisotopic (exact) mass is 206 g/mol. The first kappa shape index (κ1) is 10.4. The number of nitrogens with zero attached hydrogens (tertiary/aromatic N) is 3. The lowest BCUT2D eigenvalue weighted by Crippen LogP contribution is -2.44. The van der Waals surface area contributed by atoms with E-state index in [1.807, 2.05) is 19.2 Å². The Kier molecular flexibility index (Phi) is 3.16. The van der Waals surface area contributed by atoms with Crippen molar-refractivity contribution >= 4 is 5.95 Å². The molecule has 0 radical (unpaired) electrons. The molecule has 4 heteroatoms. The molecule has 2 heterocycles. The molecule has 1 fully saturated rings. The molecular formula is C11H18N4. The zero-order valence-electron chi connectivity index (χ0n) is 9.40. The van der Waals surface area contributed by atoms with E-state index in [2.05, 4.69) is 27.2 Å². The highest BCUT2D eigenvalue weighted by molar-refractivity contribution is 5.30. The number of likely N-dealkylation sites (N-methyl/N-ethyl adjacent to an activating group) is 1. The van der Waals surface area contributed by atoms with Gasteiger partial charge in [0.05, 0.1) is 0 Å². The summed E-state index contributed by atoms with van der Waals surface area (Å²) in [6.07, 6.45) is 4.28. The van der Waals surface area contributed by atoms with Gasteiger partial charge in [-0.05, 0) is 32.4 Å². The molecule has 0 unspecified atom stereocenters. The SMILES string of the molecule is Cc1ccnc(N(C)[C@H]2CCCNC2)n1. The molecule has 1 atom stereocenters. The van der Waals surface area contributed by atoms with Gasteiger partial charge in [0.15, 0.2) is 0 Å². The van der Waals surface area contributed by atoms with Gasteiger partial charge < -0.3 is 10.2 Å². The van der Waals surface area contributed by atoms with Gasteiger partial charge in [0.1, 0.15) is 0 Å². The minimum atomic E-state index is 0.528. The average molecular weight is 206 g/mol. The first-order valence-corrected chi connectivity index (χ1v) is 5.50. The highest BCUT2D eigenvalue weighted by atomic mass is 15.3. The molecule has 0 spiro atoms. The van der Waals surface area contributed by atoms with Gasteiger partial charge in [-0.3, -0.25) is 0 Å². The van der Waals surface area contributed by atoms with Crippen molar-refractivity contribution in [2.24, 2.45) is 0 Å². The number of aromatic nitrogens is 2. The fourth-order valence-corrected chi connectivity index (χ4v) is 1.93. The Balaban J connectivity index is 2.08. The Hall–Kier alpha value is -1.16. The van der Waals surface area contributed by atoms with Crippen molar-refractivity contribution < 1.29 is 0 Å². The summed E-state index contributed by atoms with van der Waals surface area (Å²) in [5.74, 6) is 0.837. The van der Waals surface area contributed by atoms with E-state index in [0.717, 1.165) is 24.7 Å². The molecule has 1 aromatic heterocycles. The van der Waals surface area contributed by atoms with Crippen LogP contribution in [0.3, 0.4) is 0 Å². The van der Waals surface area contributed by atoms with Gasteiger partial charge in [-0.2, -0.15) is 0 Å². The van der Waals surface area contributed by atoms with E-state index in [1.165, 1.54) is 12.8 Å². The van der Waals surface area contributed by atoms with Crippen molar-refractivity contribution in [3.05, 3.63) is 18.0 Å². The van der Waals surface area contributed by atoms with Crippen LogP contribution in [0.1, 0.15) is 18.5 Å². The summed E-state index contributed by atoms with van der Waals surface area (Å²) < 4.78 is 0. The molecule has 0 aliphatic carbocycles. The second kappa shape index (κ2) is 4.57. The fourth-order valence-electron chi connectivity index (χ4n) is 1.93. The number of anilines is 1. The van der Waals surface area contributed by atoms with E-state index in [9.17, 15) is 0 Å². The van der Waals surface area contributed by atoms with Crippen LogP contribution in [0.15, 0.2) is 12.3 Å². The third-order valence-corrected chi connectivity index (χ3v) is 2.92. The highest BCUT2D eigenvalue weighted by Crippen LogP contribution is 2.14.